The van der Waals surface area contributed by atoms with E-state index in [0.717, 1.165) is 24.9 Å². The van der Waals surface area contributed by atoms with Crippen molar-refractivity contribution in [1.29, 1.82) is 0 Å². The maximum absolute atomic E-state index is 13.0. The zero-order chi connectivity index (χ0) is 17.4. The minimum absolute atomic E-state index is 0.273. The molecule has 0 saturated carbocycles. The molecule has 0 amide bonds. The van der Waals surface area contributed by atoms with Gasteiger partial charge in [0.2, 0.25) is 10.0 Å². The van der Waals surface area contributed by atoms with Crippen molar-refractivity contribution in [2.24, 2.45) is 0 Å². The van der Waals surface area contributed by atoms with E-state index in [2.05, 4.69) is 23.7 Å². The third kappa shape index (κ3) is 5.36. The maximum Gasteiger partial charge on any atom is 0.236 e. The molecule has 1 fully saturated rings. The Morgan fingerprint density at radius 3 is 2.46 bits per heavy atom. The van der Waals surface area contributed by atoms with E-state index in [9.17, 15) is 12.8 Å². The third-order valence-corrected chi connectivity index (χ3v) is 5.44. The smallest absolute Gasteiger partial charge is 0.236 e. The second kappa shape index (κ2) is 8.86. The standard InChI is InChI=1S/C18H23FN2O2S/c1-2-3-4-5-6-7-16-24(22,23)21-14-12-20(13-15-21)18-10-8-17(19)9-11-18/h7-11,16H,2-4,12-15H2,1H3/b16-7+. The summed E-state index contributed by atoms with van der Waals surface area (Å²) < 4.78 is 39.0. The summed E-state index contributed by atoms with van der Waals surface area (Å²) in [4.78, 5) is 2.06. The summed E-state index contributed by atoms with van der Waals surface area (Å²) in [5.74, 6) is 5.44. The van der Waals surface area contributed by atoms with Crippen LogP contribution in [0.25, 0.3) is 0 Å². The molecule has 6 heteroatoms. The molecule has 130 valence electrons. The molecule has 0 unspecified atom stereocenters. The first-order valence-electron chi connectivity index (χ1n) is 8.18. The number of allylic oxidation sites excluding steroid dienone is 1. The number of piperazine rings is 1. The van der Waals surface area contributed by atoms with Gasteiger partial charge in [0.15, 0.2) is 0 Å². The zero-order valence-corrected chi connectivity index (χ0v) is 14.7. The molecule has 1 saturated heterocycles. The Labute approximate surface area is 144 Å². The molecule has 0 aromatic heterocycles. The molecule has 0 bridgehead atoms. The molecule has 0 aliphatic carbocycles. The minimum Gasteiger partial charge on any atom is -0.369 e. The van der Waals surface area contributed by atoms with Crippen molar-refractivity contribution in [3.8, 4) is 11.8 Å². The summed E-state index contributed by atoms with van der Waals surface area (Å²) in [5.41, 5.74) is 0.908. The van der Waals surface area contributed by atoms with Gasteiger partial charge in [0, 0.05) is 44.4 Å². The molecule has 0 atom stereocenters. The van der Waals surface area contributed by atoms with Gasteiger partial charge in [0.05, 0.1) is 5.41 Å². The lowest BCUT2D eigenvalue weighted by Crippen LogP contribution is -2.48. The first kappa shape index (κ1) is 18.5. The fourth-order valence-corrected chi connectivity index (χ4v) is 3.54. The molecule has 1 aliphatic heterocycles. The van der Waals surface area contributed by atoms with Gasteiger partial charge in [-0.2, -0.15) is 4.31 Å². The van der Waals surface area contributed by atoms with Crippen molar-refractivity contribution in [3.05, 3.63) is 41.6 Å². The largest absolute Gasteiger partial charge is 0.369 e. The number of halogens is 1. The van der Waals surface area contributed by atoms with E-state index in [4.69, 9.17) is 0 Å². The summed E-state index contributed by atoms with van der Waals surface area (Å²) in [6, 6.07) is 6.26. The summed E-state index contributed by atoms with van der Waals surface area (Å²) in [6.45, 7) is 4.08. The highest BCUT2D eigenvalue weighted by molar-refractivity contribution is 7.92. The maximum atomic E-state index is 13.0. The summed E-state index contributed by atoms with van der Waals surface area (Å²) in [7, 11) is -3.42. The number of benzene rings is 1. The minimum atomic E-state index is -3.42. The van der Waals surface area contributed by atoms with Crippen LogP contribution in [0.1, 0.15) is 26.2 Å². The Morgan fingerprint density at radius 2 is 1.83 bits per heavy atom. The van der Waals surface area contributed by atoms with Crippen molar-refractivity contribution in [1.82, 2.24) is 4.31 Å². The van der Waals surface area contributed by atoms with Gasteiger partial charge >= 0.3 is 0 Å². The van der Waals surface area contributed by atoms with E-state index in [1.165, 1.54) is 27.9 Å². The molecule has 1 aromatic carbocycles. The second-order valence-electron chi connectivity index (χ2n) is 5.63. The molecule has 0 radical (unpaired) electrons. The van der Waals surface area contributed by atoms with Crippen LogP contribution in [0, 0.1) is 17.7 Å². The fourth-order valence-electron chi connectivity index (χ4n) is 2.46. The van der Waals surface area contributed by atoms with E-state index >= 15 is 0 Å². The Balaban J connectivity index is 1.89. The number of unbranched alkanes of at least 4 members (excludes halogenated alkanes) is 2. The lowest BCUT2D eigenvalue weighted by atomic mass is 10.2. The number of hydrogen-bond acceptors (Lipinski definition) is 3. The predicted octanol–water partition coefficient (Wildman–Crippen LogP) is 2.98. The molecule has 2 rings (SSSR count). The fraction of sp³-hybridized carbons (Fsp3) is 0.444. The van der Waals surface area contributed by atoms with Gasteiger partial charge in [0.1, 0.15) is 5.82 Å². The van der Waals surface area contributed by atoms with Crippen LogP contribution in [0.4, 0.5) is 10.1 Å². The van der Waals surface area contributed by atoms with Crippen molar-refractivity contribution >= 4 is 15.7 Å². The van der Waals surface area contributed by atoms with Crippen molar-refractivity contribution in [2.75, 3.05) is 31.1 Å². The van der Waals surface area contributed by atoms with Gasteiger partial charge in [-0.1, -0.05) is 25.2 Å². The summed E-state index contributed by atoms with van der Waals surface area (Å²) in [6.07, 6.45) is 4.31. The number of rotatable bonds is 5. The lowest BCUT2D eigenvalue weighted by molar-refractivity contribution is 0.390. The SMILES string of the molecule is CCCCC#C/C=C/S(=O)(=O)N1CCN(c2ccc(F)cc2)CC1. The highest BCUT2D eigenvalue weighted by Gasteiger charge is 2.24. The molecular weight excluding hydrogens is 327 g/mol. The zero-order valence-electron chi connectivity index (χ0n) is 13.9. The second-order valence-corrected chi connectivity index (χ2v) is 7.45. The van der Waals surface area contributed by atoms with E-state index in [1.807, 2.05) is 0 Å². The molecule has 0 spiro atoms. The van der Waals surface area contributed by atoms with Gasteiger partial charge < -0.3 is 4.90 Å². The van der Waals surface area contributed by atoms with E-state index in [-0.39, 0.29) is 5.82 Å². The lowest BCUT2D eigenvalue weighted by Gasteiger charge is -2.34. The predicted molar refractivity (Wildman–Crippen MR) is 95.5 cm³/mol. The molecule has 1 aliphatic rings. The van der Waals surface area contributed by atoms with Gasteiger partial charge in [-0.05, 0) is 30.7 Å². The van der Waals surface area contributed by atoms with Crippen LogP contribution < -0.4 is 4.90 Å². The number of sulfonamides is 1. The first-order chi connectivity index (χ1) is 11.5. The number of anilines is 1. The third-order valence-electron chi connectivity index (χ3n) is 3.87. The molecule has 4 nitrogen and oxygen atoms in total. The topological polar surface area (TPSA) is 40.6 Å². The Hall–Kier alpha value is -1.84. The van der Waals surface area contributed by atoms with Crippen molar-refractivity contribution < 1.29 is 12.8 Å². The average molecular weight is 350 g/mol. The van der Waals surface area contributed by atoms with Crippen LogP contribution in [0.5, 0.6) is 0 Å². The van der Waals surface area contributed by atoms with Crippen molar-refractivity contribution in [2.45, 2.75) is 26.2 Å². The molecule has 0 N–H and O–H groups in total. The van der Waals surface area contributed by atoms with Crippen LogP contribution in [0.15, 0.2) is 35.7 Å². The van der Waals surface area contributed by atoms with Gasteiger partial charge in [-0.3, -0.25) is 0 Å². The number of nitrogens with zero attached hydrogens (tertiary/aromatic N) is 2. The molecule has 1 aromatic rings. The highest BCUT2D eigenvalue weighted by atomic mass is 32.2. The van der Waals surface area contributed by atoms with E-state index in [1.54, 1.807) is 12.1 Å². The monoisotopic (exact) mass is 350 g/mol. The highest BCUT2D eigenvalue weighted by Crippen LogP contribution is 2.18. The van der Waals surface area contributed by atoms with Gasteiger partial charge in [0.25, 0.3) is 0 Å². The quantitative estimate of drug-likeness (QED) is 0.605. The van der Waals surface area contributed by atoms with Crippen LogP contribution in [-0.2, 0) is 10.0 Å². The Kier molecular flexibility index (Phi) is 6.83. The molecular formula is C18H23FN2O2S. The Bertz CT molecular complexity index is 710. The van der Waals surface area contributed by atoms with Crippen LogP contribution in [0.2, 0.25) is 0 Å². The van der Waals surface area contributed by atoms with Gasteiger partial charge in [-0.25, -0.2) is 12.8 Å². The Morgan fingerprint density at radius 1 is 1.17 bits per heavy atom. The van der Waals surface area contributed by atoms with Gasteiger partial charge in [-0.15, -0.1) is 0 Å². The number of hydrogen-bond donors (Lipinski definition) is 0. The first-order valence-corrected chi connectivity index (χ1v) is 9.69. The van der Waals surface area contributed by atoms with Crippen molar-refractivity contribution in [3.63, 3.8) is 0 Å². The summed E-state index contributed by atoms with van der Waals surface area (Å²) >= 11 is 0. The van der Waals surface area contributed by atoms with E-state index in [0.29, 0.717) is 26.2 Å². The normalized spacial score (nSPS) is 16.2. The van der Waals surface area contributed by atoms with Crippen LogP contribution in [0.3, 0.4) is 0 Å². The van der Waals surface area contributed by atoms with Crippen LogP contribution in [-0.4, -0.2) is 38.9 Å². The average Bonchev–Trinajstić information content (AvgIpc) is 2.59. The van der Waals surface area contributed by atoms with E-state index < -0.39 is 10.0 Å². The summed E-state index contributed by atoms with van der Waals surface area (Å²) in [5, 5.41) is 1.18. The molecule has 1 heterocycles. The molecule has 24 heavy (non-hydrogen) atoms. The van der Waals surface area contributed by atoms with Crippen LogP contribution >= 0.6 is 0 Å².